The summed E-state index contributed by atoms with van der Waals surface area (Å²) in [7, 11) is 0. The molecule has 1 aliphatic rings. The average Bonchev–Trinajstić information content (AvgIpc) is 2.30. The summed E-state index contributed by atoms with van der Waals surface area (Å²) in [6.07, 6.45) is 6.38. The lowest BCUT2D eigenvalue weighted by Crippen LogP contribution is -2.51. The zero-order chi connectivity index (χ0) is 12.0. The first kappa shape index (κ1) is 12.8. The molecule has 0 aromatic rings. The van der Waals surface area contributed by atoms with Crippen LogP contribution in [0.5, 0.6) is 0 Å². The lowest BCUT2D eigenvalue weighted by Gasteiger charge is -2.26. The number of rotatable bonds is 3. The maximum absolute atomic E-state index is 11.7. The maximum atomic E-state index is 11.7. The fraction of sp³-hybridized carbons (Fsp3) is 0.833. The second-order valence-corrected chi connectivity index (χ2v) is 4.73. The fourth-order valence-corrected chi connectivity index (χ4v) is 1.91. The van der Waals surface area contributed by atoms with Crippen LogP contribution in [0.25, 0.3) is 0 Å². The molecular formula is C12H21N3O. The van der Waals surface area contributed by atoms with Crippen molar-refractivity contribution >= 4 is 6.03 Å². The maximum Gasteiger partial charge on any atom is 0.316 e. The van der Waals surface area contributed by atoms with Gasteiger partial charge in [0.05, 0.1) is 6.07 Å². The Kier molecular flexibility index (Phi) is 4.60. The van der Waals surface area contributed by atoms with Crippen molar-refractivity contribution in [3.8, 4) is 6.07 Å². The minimum Gasteiger partial charge on any atom is -0.335 e. The van der Waals surface area contributed by atoms with Crippen LogP contribution < -0.4 is 10.6 Å². The van der Waals surface area contributed by atoms with Gasteiger partial charge in [-0.3, -0.25) is 0 Å². The second-order valence-electron chi connectivity index (χ2n) is 4.73. The summed E-state index contributed by atoms with van der Waals surface area (Å²) in [5, 5.41) is 14.6. The van der Waals surface area contributed by atoms with Crippen molar-refractivity contribution in [2.45, 2.75) is 64.0 Å². The number of nitrogens with zero attached hydrogens (tertiary/aromatic N) is 1. The van der Waals surface area contributed by atoms with E-state index in [-0.39, 0.29) is 12.1 Å². The van der Waals surface area contributed by atoms with Gasteiger partial charge in [0.15, 0.2) is 0 Å². The number of hydrogen-bond donors (Lipinski definition) is 2. The van der Waals surface area contributed by atoms with Crippen molar-refractivity contribution in [3.63, 3.8) is 0 Å². The van der Waals surface area contributed by atoms with Crippen molar-refractivity contribution in [1.29, 1.82) is 5.26 Å². The third-order valence-electron chi connectivity index (χ3n) is 3.28. The molecule has 4 nitrogen and oxygen atoms in total. The fourth-order valence-electron chi connectivity index (χ4n) is 1.91. The molecule has 0 spiro atoms. The molecule has 4 heteroatoms. The van der Waals surface area contributed by atoms with E-state index < -0.39 is 5.54 Å². The highest BCUT2D eigenvalue weighted by Gasteiger charge is 2.25. The lowest BCUT2D eigenvalue weighted by molar-refractivity contribution is 0.225. The van der Waals surface area contributed by atoms with E-state index in [4.69, 9.17) is 5.26 Å². The highest BCUT2D eigenvalue weighted by atomic mass is 16.2. The van der Waals surface area contributed by atoms with Crippen LogP contribution >= 0.6 is 0 Å². The Morgan fingerprint density at radius 3 is 2.56 bits per heavy atom. The number of amides is 2. The van der Waals surface area contributed by atoms with Gasteiger partial charge in [0.25, 0.3) is 0 Å². The van der Waals surface area contributed by atoms with Crippen LogP contribution in [0.3, 0.4) is 0 Å². The van der Waals surface area contributed by atoms with E-state index in [1.54, 1.807) is 6.92 Å². The number of nitrogens with one attached hydrogen (secondary N) is 2. The molecule has 1 fully saturated rings. The molecule has 0 aromatic carbocycles. The van der Waals surface area contributed by atoms with E-state index in [0.717, 1.165) is 12.8 Å². The van der Waals surface area contributed by atoms with Gasteiger partial charge in [0.2, 0.25) is 0 Å². The van der Waals surface area contributed by atoms with E-state index in [9.17, 15) is 4.79 Å². The smallest absolute Gasteiger partial charge is 0.316 e. The van der Waals surface area contributed by atoms with Gasteiger partial charge in [0, 0.05) is 6.04 Å². The monoisotopic (exact) mass is 223 g/mol. The molecule has 0 radical (unpaired) electrons. The molecule has 1 rings (SSSR count). The van der Waals surface area contributed by atoms with Crippen molar-refractivity contribution < 1.29 is 4.79 Å². The second kappa shape index (κ2) is 5.74. The van der Waals surface area contributed by atoms with Gasteiger partial charge < -0.3 is 10.6 Å². The third-order valence-corrected chi connectivity index (χ3v) is 3.28. The first-order valence-corrected chi connectivity index (χ1v) is 6.09. The standard InChI is InChI=1S/C12H21N3O/c1-3-12(2,9-13)15-11(16)14-10-7-5-4-6-8-10/h10H,3-8H2,1-2H3,(H2,14,15,16). The number of urea groups is 1. The molecule has 2 amide bonds. The number of nitriles is 1. The van der Waals surface area contributed by atoms with Crippen LogP contribution in [0.2, 0.25) is 0 Å². The Morgan fingerprint density at radius 2 is 2.06 bits per heavy atom. The highest BCUT2D eigenvalue weighted by molar-refractivity contribution is 5.75. The summed E-state index contributed by atoms with van der Waals surface area (Å²) in [5.41, 5.74) is -0.751. The predicted octanol–water partition coefficient (Wildman–Crippen LogP) is 2.31. The predicted molar refractivity (Wildman–Crippen MR) is 62.8 cm³/mol. The first-order chi connectivity index (χ1) is 7.59. The zero-order valence-electron chi connectivity index (χ0n) is 10.2. The lowest BCUT2D eigenvalue weighted by atomic mass is 9.95. The van der Waals surface area contributed by atoms with Crippen LogP contribution in [0.15, 0.2) is 0 Å². The van der Waals surface area contributed by atoms with Gasteiger partial charge in [-0.25, -0.2) is 4.79 Å². The Bertz CT molecular complexity index is 278. The molecule has 1 saturated carbocycles. The quantitative estimate of drug-likeness (QED) is 0.771. The van der Waals surface area contributed by atoms with E-state index in [0.29, 0.717) is 6.42 Å². The van der Waals surface area contributed by atoms with Crippen LogP contribution in [0, 0.1) is 11.3 Å². The summed E-state index contributed by atoms with van der Waals surface area (Å²) >= 11 is 0. The molecule has 16 heavy (non-hydrogen) atoms. The van der Waals surface area contributed by atoms with Gasteiger partial charge in [-0.05, 0) is 26.2 Å². The number of carbonyl (C=O) groups excluding carboxylic acids is 1. The molecule has 0 aliphatic heterocycles. The number of hydrogen-bond acceptors (Lipinski definition) is 2. The summed E-state index contributed by atoms with van der Waals surface area (Å²) in [5.74, 6) is 0. The molecule has 1 atom stereocenters. The molecule has 1 unspecified atom stereocenters. The van der Waals surface area contributed by atoms with Crippen molar-refractivity contribution in [3.05, 3.63) is 0 Å². The molecule has 0 heterocycles. The van der Waals surface area contributed by atoms with E-state index in [1.165, 1.54) is 19.3 Å². The molecular weight excluding hydrogens is 202 g/mol. The Morgan fingerprint density at radius 1 is 1.44 bits per heavy atom. The average molecular weight is 223 g/mol. The molecule has 0 aromatic heterocycles. The molecule has 2 N–H and O–H groups in total. The minimum atomic E-state index is -0.751. The van der Waals surface area contributed by atoms with Gasteiger partial charge in [-0.1, -0.05) is 26.2 Å². The molecule has 0 bridgehead atoms. The first-order valence-electron chi connectivity index (χ1n) is 6.09. The van der Waals surface area contributed by atoms with Crippen LogP contribution in [-0.2, 0) is 0 Å². The summed E-state index contributed by atoms with van der Waals surface area (Å²) in [6, 6.07) is 2.20. The third kappa shape index (κ3) is 3.73. The molecule has 90 valence electrons. The van der Waals surface area contributed by atoms with Crippen molar-refractivity contribution in [2.24, 2.45) is 0 Å². The Balaban J connectivity index is 2.38. The normalized spacial score (nSPS) is 20.6. The minimum absolute atomic E-state index is 0.210. The van der Waals surface area contributed by atoms with Crippen molar-refractivity contribution in [1.82, 2.24) is 10.6 Å². The summed E-state index contributed by atoms with van der Waals surface area (Å²) in [6.45, 7) is 3.64. The van der Waals surface area contributed by atoms with Crippen LogP contribution in [0.1, 0.15) is 52.4 Å². The zero-order valence-corrected chi connectivity index (χ0v) is 10.2. The number of carbonyl (C=O) groups is 1. The van der Waals surface area contributed by atoms with E-state index in [2.05, 4.69) is 16.7 Å². The van der Waals surface area contributed by atoms with Gasteiger partial charge in [-0.2, -0.15) is 5.26 Å². The molecule has 1 aliphatic carbocycles. The summed E-state index contributed by atoms with van der Waals surface area (Å²) in [4.78, 5) is 11.7. The van der Waals surface area contributed by atoms with Crippen molar-refractivity contribution in [2.75, 3.05) is 0 Å². The Labute approximate surface area is 97.4 Å². The van der Waals surface area contributed by atoms with E-state index in [1.807, 2.05) is 6.92 Å². The summed E-state index contributed by atoms with van der Waals surface area (Å²) < 4.78 is 0. The topological polar surface area (TPSA) is 64.9 Å². The largest absolute Gasteiger partial charge is 0.335 e. The van der Waals surface area contributed by atoms with Gasteiger partial charge >= 0.3 is 6.03 Å². The Hall–Kier alpha value is -1.24. The van der Waals surface area contributed by atoms with Crippen LogP contribution in [0.4, 0.5) is 4.79 Å². The van der Waals surface area contributed by atoms with Gasteiger partial charge in [0.1, 0.15) is 5.54 Å². The SMILES string of the molecule is CCC(C)(C#N)NC(=O)NC1CCCCC1. The van der Waals surface area contributed by atoms with Crippen LogP contribution in [-0.4, -0.2) is 17.6 Å². The highest BCUT2D eigenvalue weighted by Crippen LogP contribution is 2.17. The van der Waals surface area contributed by atoms with E-state index >= 15 is 0 Å². The van der Waals surface area contributed by atoms with Gasteiger partial charge in [-0.15, -0.1) is 0 Å². The molecule has 0 saturated heterocycles.